The highest BCUT2D eigenvalue weighted by Crippen LogP contribution is 2.28. The third-order valence-electron chi connectivity index (χ3n) is 4.49. The van der Waals surface area contributed by atoms with Crippen molar-refractivity contribution < 1.29 is 14.3 Å². The summed E-state index contributed by atoms with van der Waals surface area (Å²) in [5.41, 5.74) is 7.24. The first-order valence-electron chi connectivity index (χ1n) is 10.2. The quantitative estimate of drug-likeness (QED) is 0.599. The van der Waals surface area contributed by atoms with Gasteiger partial charge in [-0.1, -0.05) is 51.1 Å². The molecule has 158 valence electrons. The van der Waals surface area contributed by atoms with Crippen LogP contribution in [0.2, 0.25) is 0 Å². The van der Waals surface area contributed by atoms with E-state index < -0.39 is 0 Å². The molecule has 0 aliphatic rings. The van der Waals surface area contributed by atoms with Crippen molar-refractivity contribution >= 4 is 5.91 Å². The molecule has 0 aromatic heterocycles. The zero-order valence-electron chi connectivity index (χ0n) is 18.1. The number of hydrogen-bond donors (Lipinski definition) is 1. The van der Waals surface area contributed by atoms with Crippen LogP contribution in [0.15, 0.2) is 48.5 Å². The van der Waals surface area contributed by atoms with Gasteiger partial charge in [-0.15, -0.1) is 0 Å². The minimum Gasteiger partial charge on any atom is -0.497 e. The minimum atomic E-state index is -0.0253. The van der Waals surface area contributed by atoms with Crippen molar-refractivity contribution in [3.05, 3.63) is 59.7 Å². The van der Waals surface area contributed by atoms with Gasteiger partial charge in [0, 0.05) is 19.2 Å². The second-order valence-electron chi connectivity index (χ2n) is 8.42. The Morgan fingerprint density at radius 3 is 2.41 bits per heavy atom. The number of benzene rings is 2. The van der Waals surface area contributed by atoms with E-state index in [0.717, 1.165) is 18.4 Å². The number of amides is 1. The molecule has 5 heteroatoms. The molecule has 0 fully saturated rings. The zero-order chi connectivity index (χ0) is 21.3. The Balaban J connectivity index is 2.26. The normalized spacial score (nSPS) is 11.2. The minimum absolute atomic E-state index is 0.00406. The van der Waals surface area contributed by atoms with Gasteiger partial charge in [0.2, 0.25) is 0 Å². The first-order chi connectivity index (χ1) is 13.8. The molecule has 2 N–H and O–H groups in total. The van der Waals surface area contributed by atoms with Crippen molar-refractivity contribution in [2.24, 2.45) is 11.1 Å². The van der Waals surface area contributed by atoms with Crippen molar-refractivity contribution in [2.75, 3.05) is 26.7 Å². The fourth-order valence-corrected chi connectivity index (χ4v) is 3.10. The average molecular weight is 399 g/mol. The fraction of sp³-hybridized carbons (Fsp3) is 0.458. The van der Waals surface area contributed by atoms with Crippen LogP contribution in [0.4, 0.5) is 0 Å². The lowest BCUT2D eigenvalue weighted by Gasteiger charge is -2.30. The zero-order valence-corrected chi connectivity index (χ0v) is 18.1. The van der Waals surface area contributed by atoms with Crippen LogP contribution in [0.25, 0.3) is 0 Å². The third-order valence-corrected chi connectivity index (χ3v) is 4.49. The number of carbonyl (C=O) groups is 1. The molecular formula is C24H34N2O3. The Bertz CT molecular complexity index is 769. The van der Waals surface area contributed by atoms with Gasteiger partial charge < -0.3 is 20.1 Å². The van der Waals surface area contributed by atoms with Gasteiger partial charge in [-0.25, -0.2) is 0 Å². The van der Waals surface area contributed by atoms with E-state index in [1.54, 1.807) is 25.3 Å². The van der Waals surface area contributed by atoms with E-state index >= 15 is 0 Å². The maximum atomic E-state index is 13.4. The molecule has 0 spiro atoms. The van der Waals surface area contributed by atoms with E-state index in [4.69, 9.17) is 15.2 Å². The van der Waals surface area contributed by atoms with E-state index in [2.05, 4.69) is 20.8 Å². The maximum absolute atomic E-state index is 13.4. The van der Waals surface area contributed by atoms with Crippen molar-refractivity contribution in [2.45, 2.75) is 40.2 Å². The Labute approximate surface area is 174 Å². The molecule has 0 heterocycles. The summed E-state index contributed by atoms with van der Waals surface area (Å²) < 4.78 is 11.4. The molecule has 0 saturated carbocycles. The molecular weight excluding hydrogens is 364 g/mol. The summed E-state index contributed by atoms with van der Waals surface area (Å²) in [5.74, 6) is 1.17. The Morgan fingerprint density at radius 1 is 1.07 bits per heavy atom. The molecule has 1 amide bonds. The lowest BCUT2D eigenvalue weighted by Crippen LogP contribution is -2.38. The molecule has 0 atom stereocenters. The van der Waals surface area contributed by atoms with Gasteiger partial charge in [-0.2, -0.15) is 0 Å². The first-order valence-corrected chi connectivity index (χ1v) is 10.2. The van der Waals surface area contributed by atoms with Crippen molar-refractivity contribution in [1.82, 2.24) is 4.90 Å². The summed E-state index contributed by atoms with van der Waals surface area (Å²) in [5, 5.41) is 0. The highest BCUT2D eigenvalue weighted by molar-refractivity contribution is 5.97. The summed E-state index contributed by atoms with van der Waals surface area (Å²) in [6.45, 7) is 8.77. The van der Waals surface area contributed by atoms with Crippen LogP contribution in [0.5, 0.6) is 11.5 Å². The molecule has 0 aliphatic carbocycles. The van der Waals surface area contributed by atoms with Gasteiger partial charge >= 0.3 is 0 Å². The molecule has 5 nitrogen and oxygen atoms in total. The van der Waals surface area contributed by atoms with Crippen LogP contribution in [0.1, 0.15) is 49.5 Å². The Morgan fingerprint density at radius 2 is 1.79 bits per heavy atom. The molecule has 2 aromatic rings. The number of rotatable bonds is 10. The number of ether oxygens (including phenoxy) is 2. The smallest absolute Gasteiger partial charge is 0.257 e. The van der Waals surface area contributed by atoms with E-state index in [1.807, 2.05) is 35.2 Å². The first kappa shape index (κ1) is 22.8. The predicted octanol–water partition coefficient (Wildman–Crippen LogP) is 4.50. The lowest BCUT2D eigenvalue weighted by molar-refractivity contribution is 0.0687. The van der Waals surface area contributed by atoms with Gasteiger partial charge in [-0.05, 0) is 42.5 Å². The standard InChI is InChI=1S/C24H34N2O3/c1-24(2,3)18-26(15-9-8-14-25)23(27)21-13-12-20(28-4)16-22(21)29-17-19-10-6-5-7-11-19/h5-7,10-13,16H,8-9,14-15,17-18,25H2,1-4H3. The molecule has 0 unspecified atom stereocenters. The topological polar surface area (TPSA) is 64.8 Å². The van der Waals surface area contributed by atoms with Crippen LogP contribution in [0, 0.1) is 5.41 Å². The average Bonchev–Trinajstić information content (AvgIpc) is 2.71. The molecule has 0 saturated heterocycles. The molecule has 2 aromatic carbocycles. The number of nitrogens with two attached hydrogens (primary N) is 1. The predicted molar refractivity (Wildman–Crippen MR) is 117 cm³/mol. The number of carbonyl (C=O) groups excluding carboxylic acids is 1. The highest BCUT2D eigenvalue weighted by atomic mass is 16.5. The van der Waals surface area contributed by atoms with Gasteiger partial charge in [0.25, 0.3) is 5.91 Å². The van der Waals surface area contributed by atoms with E-state index in [1.165, 1.54) is 0 Å². The summed E-state index contributed by atoms with van der Waals surface area (Å²) >= 11 is 0. The number of hydrogen-bond acceptors (Lipinski definition) is 4. The van der Waals surface area contributed by atoms with Crippen molar-refractivity contribution in [3.8, 4) is 11.5 Å². The van der Waals surface area contributed by atoms with Crippen molar-refractivity contribution in [1.29, 1.82) is 0 Å². The van der Waals surface area contributed by atoms with Crippen LogP contribution in [-0.2, 0) is 6.61 Å². The molecule has 0 aliphatic heterocycles. The monoisotopic (exact) mass is 398 g/mol. The van der Waals surface area contributed by atoms with Crippen LogP contribution in [-0.4, -0.2) is 37.6 Å². The molecule has 2 rings (SSSR count). The molecule has 0 radical (unpaired) electrons. The molecule has 29 heavy (non-hydrogen) atoms. The maximum Gasteiger partial charge on any atom is 0.257 e. The van der Waals surface area contributed by atoms with E-state index in [0.29, 0.717) is 43.3 Å². The SMILES string of the molecule is COc1ccc(C(=O)N(CCCCN)CC(C)(C)C)c(OCc2ccccc2)c1. The number of nitrogens with zero attached hydrogens (tertiary/aromatic N) is 1. The second-order valence-corrected chi connectivity index (χ2v) is 8.42. The summed E-state index contributed by atoms with van der Waals surface area (Å²) in [4.78, 5) is 15.3. The lowest BCUT2D eigenvalue weighted by atomic mass is 9.95. The second kappa shape index (κ2) is 10.9. The Kier molecular flexibility index (Phi) is 8.52. The molecule has 0 bridgehead atoms. The van der Waals surface area contributed by atoms with Crippen LogP contribution >= 0.6 is 0 Å². The Hall–Kier alpha value is -2.53. The summed E-state index contributed by atoms with van der Waals surface area (Å²) in [6.07, 6.45) is 1.78. The van der Waals surface area contributed by atoms with E-state index in [-0.39, 0.29) is 11.3 Å². The number of methoxy groups -OCH3 is 1. The van der Waals surface area contributed by atoms with Gasteiger partial charge in [0.1, 0.15) is 18.1 Å². The summed E-state index contributed by atoms with van der Waals surface area (Å²) in [6, 6.07) is 15.3. The number of unbranched alkanes of at least 4 members (excludes halogenated alkanes) is 1. The largest absolute Gasteiger partial charge is 0.497 e. The van der Waals surface area contributed by atoms with Gasteiger partial charge in [0.05, 0.1) is 12.7 Å². The van der Waals surface area contributed by atoms with Gasteiger partial charge in [0.15, 0.2) is 0 Å². The van der Waals surface area contributed by atoms with Gasteiger partial charge in [-0.3, -0.25) is 4.79 Å². The van der Waals surface area contributed by atoms with Crippen molar-refractivity contribution in [3.63, 3.8) is 0 Å². The highest BCUT2D eigenvalue weighted by Gasteiger charge is 2.24. The van der Waals surface area contributed by atoms with Crippen LogP contribution < -0.4 is 15.2 Å². The fourth-order valence-electron chi connectivity index (χ4n) is 3.10. The third kappa shape index (κ3) is 7.42. The van der Waals surface area contributed by atoms with E-state index in [9.17, 15) is 4.79 Å². The van der Waals surface area contributed by atoms with Crippen LogP contribution in [0.3, 0.4) is 0 Å². The summed E-state index contributed by atoms with van der Waals surface area (Å²) in [7, 11) is 1.61.